The van der Waals surface area contributed by atoms with Gasteiger partial charge < -0.3 is 11.1 Å². The maximum atomic E-state index is 10.3. The van der Waals surface area contributed by atoms with E-state index in [9.17, 15) is 8.42 Å². The number of anilines is 1. The Morgan fingerprint density at radius 2 is 2.17 bits per heavy atom. The second-order valence-electron chi connectivity index (χ2n) is 4.04. The molecule has 7 heteroatoms. The van der Waals surface area contributed by atoms with Gasteiger partial charge in [-0.3, -0.25) is 4.55 Å². The van der Waals surface area contributed by atoms with Gasteiger partial charge in [-0.15, -0.1) is 0 Å². The average molecular weight is 274 g/mol. The summed E-state index contributed by atoms with van der Waals surface area (Å²) in [6, 6.07) is 5.74. The number of nitrogens with one attached hydrogen (secondary N) is 1. The molecule has 0 saturated heterocycles. The van der Waals surface area contributed by atoms with Gasteiger partial charge in [0.1, 0.15) is 0 Å². The SMILES string of the molecule is Cc1cc(C(C)NCCOS(=O)(=O)O)ccc1N. The topological polar surface area (TPSA) is 102 Å². The van der Waals surface area contributed by atoms with Crippen LogP contribution in [0.4, 0.5) is 5.69 Å². The van der Waals surface area contributed by atoms with Gasteiger partial charge in [0.05, 0.1) is 6.61 Å². The minimum Gasteiger partial charge on any atom is -0.399 e. The van der Waals surface area contributed by atoms with E-state index in [1.807, 2.05) is 32.0 Å². The first-order valence-corrected chi connectivity index (χ1v) is 6.87. The van der Waals surface area contributed by atoms with Crippen molar-refractivity contribution in [3.63, 3.8) is 0 Å². The van der Waals surface area contributed by atoms with Crippen LogP contribution in [0, 0.1) is 6.92 Å². The summed E-state index contributed by atoms with van der Waals surface area (Å²) in [4.78, 5) is 0. The lowest BCUT2D eigenvalue weighted by molar-refractivity contribution is 0.264. The molecule has 0 amide bonds. The van der Waals surface area contributed by atoms with Gasteiger partial charge in [0.15, 0.2) is 0 Å². The van der Waals surface area contributed by atoms with E-state index in [2.05, 4.69) is 9.50 Å². The molecule has 0 saturated carbocycles. The van der Waals surface area contributed by atoms with Gasteiger partial charge in [0.2, 0.25) is 0 Å². The molecule has 0 radical (unpaired) electrons. The fourth-order valence-corrected chi connectivity index (χ4v) is 1.80. The van der Waals surface area contributed by atoms with Crippen molar-refractivity contribution >= 4 is 16.1 Å². The molecule has 1 rings (SSSR count). The third-order valence-corrected chi connectivity index (χ3v) is 3.04. The summed E-state index contributed by atoms with van der Waals surface area (Å²) in [5.41, 5.74) is 8.51. The van der Waals surface area contributed by atoms with Gasteiger partial charge in [-0.1, -0.05) is 12.1 Å². The van der Waals surface area contributed by atoms with Crippen molar-refractivity contribution in [1.29, 1.82) is 0 Å². The molecule has 4 N–H and O–H groups in total. The Labute approximate surface area is 107 Å². The third-order valence-electron chi connectivity index (χ3n) is 2.58. The fraction of sp³-hybridized carbons (Fsp3) is 0.455. The highest BCUT2D eigenvalue weighted by atomic mass is 32.3. The van der Waals surface area contributed by atoms with Gasteiger partial charge >= 0.3 is 10.4 Å². The lowest BCUT2D eigenvalue weighted by Gasteiger charge is -2.15. The van der Waals surface area contributed by atoms with Crippen molar-refractivity contribution in [2.45, 2.75) is 19.9 Å². The van der Waals surface area contributed by atoms with Gasteiger partial charge in [0, 0.05) is 18.3 Å². The number of hydrogen-bond acceptors (Lipinski definition) is 5. The second-order valence-corrected chi connectivity index (χ2v) is 5.13. The lowest BCUT2D eigenvalue weighted by Crippen LogP contribution is -2.24. The molecule has 0 fully saturated rings. The average Bonchev–Trinajstić information content (AvgIpc) is 2.26. The molecule has 6 nitrogen and oxygen atoms in total. The zero-order chi connectivity index (χ0) is 13.8. The first-order chi connectivity index (χ1) is 8.29. The Hall–Kier alpha value is -1.15. The zero-order valence-corrected chi connectivity index (χ0v) is 11.2. The molecule has 1 atom stereocenters. The molecule has 0 bridgehead atoms. The summed E-state index contributed by atoms with van der Waals surface area (Å²) in [7, 11) is -4.36. The Kier molecular flexibility index (Phi) is 5.09. The van der Waals surface area contributed by atoms with E-state index < -0.39 is 10.4 Å². The van der Waals surface area contributed by atoms with Crippen molar-refractivity contribution < 1.29 is 17.2 Å². The van der Waals surface area contributed by atoms with Crippen LogP contribution in [0.3, 0.4) is 0 Å². The Bertz CT molecular complexity index is 502. The Balaban J connectivity index is 2.45. The number of nitrogen functional groups attached to an aromatic ring is 1. The minimum absolute atomic E-state index is 0.0364. The van der Waals surface area contributed by atoms with Crippen LogP contribution in [0.5, 0.6) is 0 Å². The molecule has 1 aromatic carbocycles. The first kappa shape index (κ1) is 14.9. The molecule has 0 aromatic heterocycles. The number of nitrogens with two attached hydrogens (primary N) is 1. The van der Waals surface area contributed by atoms with Crippen LogP contribution >= 0.6 is 0 Å². The van der Waals surface area contributed by atoms with Gasteiger partial charge in [-0.25, -0.2) is 4.18 Å². The molecule has 18 heavy (non-hydrogen) atoms. The quantitative estimate of drug-likeness (QED) is 0.407. The summed E-state index contributed by atoms with van der Waals surface area (Å²) < 4.78 is 33.2. The zero-order valence-electron chi connectivity index (χ0n) is 10.4. The second kappa shape index (κ2) is 6.14. The van der Waals surface area contributed by atoms with E-state index in [1.54, 1.807) is 0 Å². The van der Waals surface area contributed by atoms with E-state index in [4.69, 9.17) is 10.3 Å². The molecule has 0 spiro atoms. The van der Waals surface area contributed by atoms with Crippen molar-refractivity contribution in [3.05, 3.63) is 29.3 Å². The van der Waals surface area contributed by atoms with Gasteiger partial charge in [0.25, 0.3) is 0 Å². The molecule has 1 aromatic rings. The largest absolute Gasteiger partial charge is 0.399 e. The van der Waals surface area contributed by atoms with Crippen LogP contribution < -0.4 is 11.1 Å². The molecule has 102 valence electrons. The van der Waals surface area contributed by atoms with Crippen molar-refractivity contribution in [2.75, 3.05) is 18.9 Å². The number of rotatable bonds is 6. The molecular formula is C11H18N2O4S. The van der Waals surface area contributed by atoms with E-state index >= 15 is 0 Å². The van der Waals surface area contributed by atoms with E-state index in [0.29, 0.717) is 6.54 Å². The highest BCUT2D eigenvalue weighted by Gasteiger charge is 2.07. The maximum absolute atomic E-state index is 10.3. The summed E-state index contributed by atoms with van der Waals surface area (Å²) in [6.07, 6.45) is 0. The lowest BCUT2D eigenvalue weighted by atomic mass is 10.0. The molecule has 0 aliphatic rings. The van der Waals surface area contributed by atoms with Crippen LogP contribution in [0.2, 0.25) is 0 Å². The van der Waals surface area contributed by atoms with Gasteiger partial charge in [-0.2, -0.15) is 8.42 Å². The van der Waals surface area contributed by atoms with Crippen LogP contribution in [0.15, 0.2) is 18.2 Å². The molecule has 0 aliphatic heterocycles. The smallest absolute Gasteiger partial charge is 0.397 e. The number of aryl methyl sites for hydroxylation is 1. The van der Waals surface area contributed by atoms with E-state index in [1.165, 1.54) is 0 Å². The van der Waals surface area contributed by atoms with Crippen molar-refractivity contribution in [1.82, 2.24) is 5.32 Å². The predicted octanol–water partition coefficient (Wildman–Crippen LogP) is 1.05. The highest BCUT2D eigenvalue weighted by molar-refractivity contribution is 7.80. The van der Waals surface area contributed by atoms with Crippen LogP contribution in [0.1, 0.15) is 24.1 Å². The highest BCUT2D eigenvalue weighted by Crippen LogP contribution is 2.18. The van der Waals surface area contributed by atoms with Crippen molar-refractivity contribution in [3.8, 4) is 0 Å². The summed E-state index contributed by atoms with van der Waals surface area (Å²) in [6.45, 7) is 4.06. The number of hydrogen-bond donors (Lipinski definition) is 3. The van der Waals surface area contributed by atoms with E-state index in [0.717, 1.165) is 16.8 Å². The van der Waals surface area contributed by atoms with Crippen molar-refractivity contribution in [2.24, 2.45) is 0 Å². The molecule has 0 aliphatic carbocycles. The van der Waals surface area contributed by atoms with Gasteiger partial charge in [-0.05, 0) is 31.0 Å². The predicted molar refractivity (Wildman–Crippen MR) is 69.5 cm³/mol. The van der Waals surface area contributed by atoms with Crippen LogP contribution in [-0.2, 0) is 14.6 Å². The first-order valence-electron chi connectivity index (χ1n) is 5.51. The summed E-state index contributed by atoms with van der Waals surface area (Å²) in [5, 5.41) is 3.08. The molecule has 1 unspecified atom stereocenters. The third kappa shape index (κ3) is 5.01. The Morgan fingerprint density at radius 3 is 2.72 bits per heavy atom. The van der Waals surface area contributed by atoms with Crippen LogP contribution in [0.25, 0.3) is 0 Å². The monoisotopic (exact) mass is 274 g/mol. The maximum Gasteiger partial charge on any atom is 0.397 e. The fourth-order valence-electron chi connectivity index (χ4n) is 1.51. The standard InChI is InChI=1S/C11H18N2O4S/c1-8-7-10(3-4-11(8)12)9(2)13-5-6-17-18(14,15)16/h3-4,7,9,13H,5-6,12H2,1-2H3,(H,14,15,16). The molecule has 0 heterocycles. The Morgan fingerprint density at radius 1 is 1.50 bits per heavy atom. The summed E-state index contributed by atoms with van der Waals surface area (Å²) in [5.74, 6) is 0. The minimum atomic E-state index is -4.36. The molecular weight excluding hydrogens is 256 g/mol. The number of benzene rings is 1. The van der Waals surface area contributed by atoms with E-state index in [-0.39, 0.29) is 12.6 Å². The normalized spacial score (nSPS) is 13.5. The summed E-state index contributed by atoms with van der Waals surface area (Å²) >= 11 is 0. The van der Waals surface area contributed by atoms with Crippen LogP contribution in [-0.4, -0.2) is 26.1 Å².